The normalized spacial score (nSPS) is 22.8. The van der Waals surface area contributed by atoms with Crippen LogP contribution >= 0.6 is 11.6 Å². The number of halogens is 1. The second-order valence-electron chi connectivity index (χ2n) is 5.82. The summed E-state index contributed by atoms with van der Waals surface area (Å²) in [4.78, 5) is 2.54. The van der Waals surface area contributed by atoms with Crippen LogP contribution in [-0.4, -0.2) is 44.2 Å². The second-order valence-corrected chi connectivity index (χ2v) is 6.20. The summed E-state index contributed by atoms with van der Waals surface area (Å²) in [5, 5.41) is 12.7. The van der Waals surface area contributed by atoms with Crippen molar-refractivity contribution in [2.75, 3.05) is 18.8 Å². The smallest absolute Gasteiger partial charge is 0.183 e. The van der Waals surface area contributed by atoms with E-state index in [0.717, 1.165) is 31.1 Å². The van der Waals surface area contributed by atoms with Crippen LogP contribution < -0.4 is 5.73 Å². The molecule has 1 aromatic heterocycles. The predicted molar refractivity (Wildman–Crippen MR) is 80.9 cm³/mol. The van der Waals surface area contributed by atoms with Gasteiger partial charge < -0.3 is 5.73 Å². The molecule has 2 fully saturated rings. The van der Waals surface area contributed by atoms with Crippen molar-refractivity contribution >= 4 is 17.3 Å². The summed E-state index contributed by atoms with van der Waals surface area (Å²) in [5.74, 6) is 0.704. The molecule has 2 N–H and O–H groups in total. The van der Waals surface area contributed by atoms with E-state index in [1.54, 1.807) is 6.07 Å². The Balaban J connectivity index is 1.66. The first-order valence-corrected chi connectivity index (χ1v) is 7.68. The van der Waals surface area contributed by atoms with Gasteiger partial charge in [-0.15, -0.1) is 5.10 Å². The molecule has 0 amide bonds. The maximum Gasteiger partial charge on any atom is 0.183 e. The predicted octanol–water partition coefficient (Wildman–Crippen LogP) is 1.98. The summed E-state index contributed by atoms with van der Waals surface area (Å²) in [6.45, 7) is 2.14. The molecule has 0 spiro atoms. The molecular weight excluding hydrogens is 288 g/mol. The molecule has 2 aliphatic rings. The van der Waals surface area contributed by atoms with Crippen molar-refractivity contribution in [1.82, 2.24) is 25.1 Å². The first kappa shape index (κ1) is 13.0. The van der Waals surface area contributed by atoms with Gasteiger partial charge in [-0.2, -0.15) is 0 Å². The van der Waals surface area contributed by atoms with E-state index < -0.39 is 0 Å². The van der Waals surface area contributed by atoms with Gasteiger partial charge >= 0.3 is 0 Å². The molecule has 0 bridgehead atoms. The van der Waals surface area contributed by atoms with E-state index in [2.05, 4.69) is 20.4 Å². The van der Waals surface area contributed by atoms with E-state index in [-0.39, 0.29) is 0 Å². The van der Waals surface area contributed by atoms with Crippen LogP contribution in [0.2, 0.25) is 5.02 Å². The van der Waals surface area contributed by atoms with Crippen molar-refractivity contribution in [2.24, 2.45) is 0 Å². The Bertz CT molecular complexity index is 665. The minimum absolute atomic E-state index is 0.313. The summed E-state index contributed by atoms with van der Waals surface area (Å²) in [7, 11) is 0. The molecule has 1 saturated carbocycles. The van der Waals surface area contributed by atoms with Crippen LogP contribution in [0.15, 0.2) is 18.2 Å². The van der Waals surface area contributed by atoms with Gasteiger partial charge in [0.2, 0.25) is 0 Å². The first-order chi connectivity index (χ1) is 10.2. The lowest BCUT2D eigenvalue weighted by molar-refractivity contribution is 0.309. The van der Waals surface area contributed by atoms with Gasteiger partial charge in [-0.25, -0.2) is 4.68 Å². The summed E-state index contributed by atoms with van der Waals surface area (Å²) in [6, 6.07) is 6.67. The molecule has 2 heterocycles. The number of tetrazole rings is 1. The van der Waals surface area contributed by atoms with Gasteiger partial charge in [0.1, 0.15) is 0 Å². The number of benzene rings is 1. The van der Waals surface area contributed by atoms with E-state index in [1.165, 1.54) is 12.8 Å². The molecule has 2 aromatic rings. The summed E-state index contributed by atoms with van der Waals surface area (Å²) < 4.78 is 1.91. The lowest BCUT2D eigenvalue weighted by Gasteiger charge is -2.16. The maximum absolute atomic E-state index is 6.31. The van der Waals surface area contributed by atoms with E-state index in [4.69, 9.17) is 17.3 Å². The van der Waals surface area contributed by atoms with E-state index in [1.807, 2.05) is 16.8 Å². The highest BCUT2D eigenvalue weighted by atomic mass is 35.5. The van der Waals surface area contributed by atoms with Crippen molar-refractivity contribution in [3.63, 3.8) is 0 Å². The molecule has 0 radical (unpaired) electrons. The fraction of sp³-hybridized carbons (Fsp3) is 0.500. The number of rotatable bonds is 3. The fourth-order valence-corrected chi connectivity index (χ4v) is 3.29. The Morgan fingerprint density at radius 1 is 1.19 bits per heavy atom. The molecule has 21 heavy (non-hydrogen) atoms. The van der Waals surface area contributed by atoms with Crippen molar-refractivity contribution in [2.45, 2.75) is 31.3 Å². The van der Waals surface area contributed by atoms with Crippen LogP contribution in [0, 0.1) is 0 Å². The third kappa shape index (κ3) is 2.28. The summed E-state index contributed by atoms with van der Waals surface area (Å²) >= 11 is 6.31. The Labute approximate surface area is 127 Å². The second kappa shape index (κ2) is 4.96. The fourth-order valence-electron chi connectivity index (χ4n) is 3.08. The highest BCUT2D eigenvalue weighted by Crippen LogP contribution is 2.36. The monoisotopic (exact) mass is 304 g/mol. The minimum Gasteiger partial charge on any atom is -0.398 e. The van der Waals surface area contributed by atoms with E-state index >= 15 is 0 Å². The number of aromatic nitrogens is 4. The van der Waals surface area contributed by atoms with Crippen LogP contribution in [-0.2, 0) is 0 Å². The molecular formula is C14H17ClN6. The van der Waals surface area contributed by atoms with Gasteiger partial charge in [0, 0.05) is 24.7 Å². The molecule has 1 atom stereocenters. The topological polar surface area (TPSA) is 72.9 Å². The van der Waals surface area contributed by atoms with Gasteiger partial charge in [0.05, 0.1) is 16.8 Å². The Hall–Kier alpha value is -1.66. The zero-order chi connectivity index (χ0) is 14.4. The average molecular weight is 305 g/mol. The minimum atomic E-state index is 0.313. The van der Waals surface area contributed by atoms with Gasteiger partial charge in [0.25, 0.3) is 0 Å². The Morgan fingerprint density at radius 2 is 2.05 bits per heavy atom. The lowest BCUT2D eigenvalue weighted by atomic mass is 10.1. The van der Waals surface area contributed by atoms with Crippen LogP contribution in [0.5, 0.6) is 0 Å². The zero-order valence-electron chi connectivity index (χ0n) is 11.6. The number of hydrogen-bond acceptors (Lipinski definition) is 5. The molecule has 1 aliphatic carbocycles. The van der Waals surface area contributed by atoms with Gasteiger partial charge in [0.15, 0.2) is 5.82 Å². The van der Waals surface area contributed by atoms with E-state index in [9.17, 15) is 0 Å². The summed E-state index contributed by atoms with van der Waals surface area (Å²) in [5.41, 5.74) is 7.23. The number of likely N-dealkylation sites (tertiary alicyclic amines) is 1. The van der Waals surface area contributed by atoms with Crippen LogP contribution in [0.1, 0.15) is 25.3 Å². The third-order valence-corrected chi connectivity index (χ3v) is 4.79. The largest absolute Gasteiger partial charge is 0.398 e. The molecule has 1 aliphatic heterocycles. The number of nitrogen functional groups attached to an aromatic ring is 1. The van der Waals surface area contributed by atoms with Crippen molar-refractivity contribution in [3.05, 3.63) is 23.2 Å². The molecule has 1 saturated heterocycles. The Morgan fingerprint density at radius 3 is 2.86 bits per heavy atom. The number of anilines is 1. The average Bonchev–Trinajstić information content (AvgIpc) is 3.02. The summed E-state index contributed by atoms with van der Waals surface area (Å²) in [6.07, 6.45) is 3.74. The molecule has 1 aromatic carbocycles. The Kier molecular flexibility index (Phi) is 3.08. The molecule has 110 valence electrons. The van der Waals surface area contributed by atoms with Gasteiger partial charge in [-0.05, 0) is 41.8 Å². The van der Waals surface area contributed by atoms with Crippen molar-refractivity contribution < 1.29 is 0 Å². The van der Waals surface area contributed by atoms with Crippen molar-refractivity contribution in [1.29, 1.82) is 0 Å². The van der Waals surface area contributed by atoms with Gasteiger partial charge in [-0.1, -0.05) is 17.7 Å². The van der Waals surface area contributed by atoms with Crippen LogP contribution in [0.3, 0.4) is 0 Å². The van der Waals surface area contributed by atoms with Crippen LogP contribution in [0.25, 0.3) is 11.4 Å². The van der Waals surface area contributed by atoms with Crippen molar-refractivity contribution in [3.8, 4) is 11.4 Å². The highest BCUT2D eigenvalue weighted by molar-refractivity contribution is 6.35. The molecule has 1 unspecified atom stereocenters. The lowest BCUT2D eigenvalue weighted by Crippen LogP contribution is -2.24. The van der Waals surface area contributed by atoms with E-state index in [0.29, 0.717) is 22.6 Å². The number of hydrogen-bond donors (Lipinski definition) is 1. The number of nitrogens with zero attached hydrogens (tertiary/aromatic N) is 5. The molecule has 6 nitrogen and oxygen atoms in total. The third-order valence-electron chi connectivity index (χ3n) is 4.37. The molecule has 7 heteroatoms. The number of nitrogens with two attached hydrogens (primary N) is 1. The maximum atomic E-state index is 6.31. The zero-order valence-corrected chi connectivity index (χ0v) is 12.4. The quantitative estimate of drug-likeness (QED) is 0.878. The first-order valence-electron chi connectivity index (χ1n) is 7.30. The SMILES string of the molecule is Nc1cccc(-c2nnnn2C2CCN(C3CC3)C2)c1Cl. The molecule has 4 rings (SSSR count). The van der Waals surface area contributed by atoms with Gasteiger partial charge in [-0.3, -0.25) is 4.90 Å². The highest BCUT2D eigenvalue weighted by Gasteiger charge is 2.36. The standard InChI is InChI=1S/C14H17ClN6/c15-13-11(2-1-3-12(13)16)14-17-18-19-21(14)10-6-7-20(8-10)9-4-5-9/h1-3,9-10H,4-8,16H2. The van der Waals surface area contributed by atoms with Crippen LogP contribution in [0.4, 0.5) is 5.69 Å².